The highest BCUT2D eigenvalue weighted by Gasteiger charge is 2.25. The van der Waals surface area contributed by atoms with Crippen LogP contribution >= 0.6 is 31.9 Å². The highest BCUT2D eigenvalue weighted by Crippen LogP contribution is 2.37. The maximum Gasteiger partial charge on any atom is 0.0323 e. The lowest BCUT2D eigenvalue weighted by molar-refractivity contribution is 0.264. The Morgan fingerprint density at radius 1 is 1.21 bits per heavy atom. The van der Waals surface area contributed by atoms with Crippen LogP contribution in [0.1, 0.15) is 30.9 Å². The highest BCUT2D eigenvalue weighted by atomic mass is 79.9. The van der Waals surface area contributed by atoms with Gasteiger partial charge in [-0.2, -0.15) is 0 Å². The Balaban J connectivity index is 2.18. The first kappa shape index (κ1) is 10.7. The molecule has 2 rings (SSSR count). The molecule has 14 heavy (non-hydrogen) atoms. The van der Waals surface area contributed by atoms with E-state index >= 15 is 0 Å². The third-order valence-electron chi connectivity index (χ3n) is 2.99. The SMILES string of the molecule is N[C@H](c1ccc(Br)c(Br)c1)C1CCC1. The Hall–Kier alpha value is 0.140. The molecule has 0 unspecified atom stereocenters. The minimum Gasteiger partial charge on any atom is -0.324 e. The van der Waals surface area contributed by atoms with Gasteiger partial charge in [0, 0.05) is 15.0 Å². The fourth-order valence-electron chi connectivity index (χ4n) is 1.79. The summed E-state index contributed by atoms with van der Waals surface area (Å²) in [5.74, 6) is 0.697. The number of nitrogens with two attached hydrogens (primary N) is 1. The Labute approximate surface area is 101 Å². The second-order valence-electron chi connectivity index (χ2n) is 3.89. The van der Waals surface area contributed by atoms with Crippen LogP contribution < -0.4 is 5.73 Å². The average Bonchev–Trinajstić information content (AvgIpc) is 2.06. The molecular formula is C11H13Br2N. The molecule has 0 bridgehead atoms. The van der Waals surface area contributed by atoms with Crippen molar-refractivity contribution in [2.45, 2.75) is 25.3 Å². The molecule has 1 aliphatic rings. The molecule has 1 saturated carbocycles. The zero-order valence-electron chi connectivity index (χ0n) is 7.84. The second-order valence-corrected chi connectivity index (χ2v) is 5.60. The van der Waals surface area contributed by atoms with Gasteiger partial charge in [0.1, 0.15) is 0 Å². The Bertz CT molecular complexity index is 334. The summed E-state index contributed by atoms with van der Waals surface area (Å²) in [4.78, 5) is 0. The van der Waals surface area contributed by atoms with Crippen molar-refractivity contribution in [1.29, 1.82) is 0 Å². The Morgan fingerprint density at radius 2 is 1.93 bits per heavy atom. The van der Waals surface area contributed by atoms with E-state index in [-0.39, 0.29) is 6.04 Å². The van der Waals surface area contributed by atoms with Gasteiger partial charge in [-0.25, -0.2) is 0 Å². The van der Waals surface area contributed by atoms with Crippen LogP contribution in [-0.4, -0.2) is 0 Å². The van der Waals surface area contributed by atoms with Crippen molar-refractivity contribution in [3.05, 3.63) is 32.7 Å². The van der Waals surface area contributed by atoms with E-state index in [0.29, 0.717) is 5.92 Å². The lowest BCUT2D eigenvalue weighted by Gasteiger charge is -2.31. The van der Waals surface area contributed by atoms with Gasteiger partial charge < -0.3 is 5.73 Å². The lowest BCUT2D eigenvalue weighted by Crippen LogP contribution is -2.26. The lowest BCUT2D eigenvalue weighted by atomic mass is 9.78. The minimum absolute atomic E-state index is 0.216. The van der Waals surface area contributed by atoms with Gasteiger partial charge in [0.05, 0.1) is 0 Å². The number of hydrogen-bond donors (Lipinski definition) is 1. The summed E-state index contributed by atoms with van der Waals surface area (Å²) < 4.78 is 2.17. The first-order valence-corrected chi connectivity index (χ1v) is 6.47. The zero-order chi connectivity index (χ0) is 10.1. The van der Waals surface area contributed by atoms with Gasteiger partial charge in [0.25, 0.3) is 0 Å². The van der Waals surface area contributed by atoms with Crippen LogP contribution in [0.25, 0.3) is 0 Å². The molecule has 1 atom stereocenters. The molecule has 76 valence electrons. The second kappa shape index (κ2) is 4.33. The van der Waals surface area contributed by atoms with E-state index in [2.05, 4.69) is 50.1 Å². The molecule has 1 aliphatic carbocycles. The molecule has 0 spiro atoms. The van der Waals surface area contributed by atoms with Crippen LogP contribution in [0.5, 0.6) is 0 Å². The van der Waals surface area contributed by atoms with Gasteiger partial charge in [-0.05, 0) is 68.3 Å². The summed E-state index contributed by atoms with van der Waals surface area (Å²) in [7, 11) is 0. The zero-order valence-corrected chi connectivity index (χ0v) is 11.0. The molecule has 0 aliphatic heterocycles. The molecule has 0 aromatic heterocycles. The molecule has 1 nitrogen and oxygen atoms in total. The third-order valence-corrected chi connectivity index (χ3v) is 4.87. The number of rotatable bonds is 2. The van der Waals surface area contributed by atoms with E-state index in [9.17, 15) is 0 Å². The van der Waals surface area contributed by atoms with E-state index in [0.717, 1.165) is 8.95 Å². The average molecular weight is 319 g/mol. The summed E-state index contributed by atoms with van der Waals surface area (Å²) in [5, 5.41) is 0. The molecule has 0 radical (unpaired) electrons. The van der Waals surface area contributed by atoms with Crippen LogP contribution in [-0.2, 0) is 0 Å². The Morgan fingerprint density at radius 3 is 2.43 bits per heavy atom. The van der Waals surface area contributed by atoms with Gasteiger partial charge in [-0.3, -0.25) is 0 Å². The predicted octanol–water partition coefficient (Wildman–Crippen LogP) is 4.01. The molecule has 2 N–H and O–H groups in total. The topological polar surface area (TPSA) is 26.0 Å². The summed E-state index contributed by atoms with van der Waals surface area (Å²) in [6.45, 7) is 0. The third kappa shape index (κ3) is 2.05. The molecule has 3 heteroatoms. The van der Waals surface area contributed by atoms with Gasteiger partial charge >= 0.3 is 0 Å². The van der Waals surface area contributed by atoms with Gasteiger partial charge in [0.2, 0.25) is 0 Å². The van der Waals surface area contributed by atoms with Crippen molar-refractivity contribution in [3.8, 4) is 0 Å². The molecule has 0 heterocycles. The van der Waals surface area contributed by atoms with Crippen LogP contribution in [0.15, 0.2) is 27.1 Å². The molecule has 1 aromatic rings. The first-order chi connectivity index (χ1) is 6.68. The van der Waals surface area contributed by atoms with E-state index in [1.165, 1.54) is 24.8 Å². The van der Waals surface area contributed by atoms with Crippen LogP contribution in [0.4, 0.5) is 0 Å². The summed E-state index contributed by atoms with van der Waals surface area (Å²) in [5.41, 5.74) is 7.42. The summed E-state index contributed by atoms with van der Waals surface area (Å²) >= 11 is 6.96. The number of benzene rings is 1. The molecular weight excluding hydrogens is 306 g/mol. The van der Waals surface area contributed by atoms with Gasteiger partial charge in [-0.1, -0.05) is 12.5 Å². The quantitative estimate of drug-likeness (QED) is 0.876. The maximum atomic E-state index is 6.18. The minimum atomic E-state index is 0.216. The van der Waals surface area contributed by atoms with Crippen LogP contribution in [0.2, 0.25) is 0 Å². The van der Waals surface area contributed by atoms with Gasteiger partial charge in [-0.15, -0.1) is 0 Å². The van der Waals surface area contributed by atoms with Crippen LogP contribution in [0.3, 0.4) is 0 Å². The fraction of sp³-hybridized carbons (Fsp3) is 0.455. The van der Waals surface area contributed by atoms with Crippen molar-refractivity contribution in [3.63, 3.8) is 0 Å². The van der Waals surface area contributed by atoms with Crippen LogP contribution in [0, 0.1) is 5.92 Å². The van der Waals surface area contributed by atoms with E-state index < -0.39 is 0 Å². The molecule has 0 saturated heterocycles. The molecule has 1 aromatic carbocycles. The fourth-order valence-corrected chi connectivity index (χ4v) is 2.43. The molecule has 1 fully saturated rings. The summed E-state index contributed by atoms with van der Waals surface area (Å²) in [6, 6.07) is 6.50. The van der Waals surface area contributed by atoms with Gasteiger partial charge in [0.15, 0.2) is 0 Å². The van der Waals surface area contributed by atoms with Crippen molar-refractivity contribution < 1.29 is 0 Å². The Kier molecular flexibility index (Phi) is 3.30. The van der Waals surface area contributed by atoms with Crippen molar-refractivity contribution in [2.24, 2.45) is 11.7 Å². The highest BCUT2D eigenvalue weighted by molar-refractivity contribution is 9.13. The normalized spacial score (nSPS) is 19.1. The maximum absolute atomic E-state index is 6.18. The van der Waals surface area contributed by atoms with E-state index in [1.807, 2.05) is 0 Å². The summed E-state index contributed by atoms with van der Waals surface area (Å²) in [6.07, 6.45) is 3.92. The van der Waals surface area contributed by atoms with E-state index in [4.69, 9.17) is 5.73 Å². The number of hydrogen-bond acceptors (Lipinski definition) is 1. The standard InChI is InChI=1S/C11H13Br2N/c12-9-5-4-8(6-10(9)13)11(14)7-2-1-3-7/h4-7,11H,1-3,14H2/t11-/m0/s1. The van der Waals surface area contributed by atoms with E-state index in [1.54, 1.807) is 0 Å². The smallest absolute Gasteiger partial charge is 0.0323 e. The first-order valence-electron chi connectivity index (χ1n) is 4.89. The van der Waals surface area contributed by atoms with Crippen molar-refractivity contribution in [1.82, 2.24) is 0 Å². The molecule has 0 amide bonds. The monoisotopic (exact) mass is 317 g/mol. The largest absolute Gasteiger partial charge is 0.324 e. The van der Waals surface area contributed by atoms with Crippen molar-refractivity contribution >= 4 is 31.9 Å². The number of halogens is 2. The predicted molar refractivity (Wildman–Crippen MR) is 66.1 cm³/mol. The van der Waals surface area contributed by atoms with Crippen molar-refractivity contribution in [2.75, 3.05) is 0 Å².